The van der Waals surface area contributed by atoms with Gasteiger partial charge in [-0.1, -0.05) is 30.3 Å². The first kappa shape index (κ1) is 29.4. The van der Waals surface area contributed by atoms with Crippen molar-refractivity contribution in [3.05, 3.63) is 59.7 Å². The van der Waals surface area contributed by atoms with Gasteiger partial charge in [0.15, 0.2) is 11.5 Å². The third kappa shape index (κ3) is 8.72. The zero-order chi connectivity index (χ0) is 27.3. The highest BCUT2D eigenvalue weighted by Crippen LogP contribution is 2.29. The average Bonchev–Trinajstić information content (AvgIpc) is 3.38. The number of carbonyl (C=O) groups excluding carboxylic acids is 2. The number of ether oxygens (including phenoxy) is 3. The minimum absolute atomic E-state index is 0.00564. The molecule has 1 aliphatic rings. The highest BCUT2D eigenvalue weighted by atomic mass is 16.5. The van der Waals surface area contributed by atoms with E-state index in [1.807, 2.05) is 49.1 Å². The Morgan fingerprint density at radius 1 is 1.05 bits per heavy atom. The number of nitrogens with zero attached hydrogens (tertiary/aromatic N) is 1. The number of carbonyl (C=O) groups is 2. The molecule has 2 atom stereocenters. The standard InChI is InChI=1S/C29H42N4O5/c1-21(2)33(29(35)23-11-12-26(37-4)27(15-23)38-14-8-13-36-3)20-24-17-30-18-25(24)31-19-28(34)32-16-22-9-6-5-7-10-22/h5-7,9-12,15,21,24-25,30-31H,8,13-14,16-20H2,1-4H3,(H,32,34). The smallest absolute Gasteiger partial charge is 0.254 e. The molecule has 38 heavy (non-hydrogen) atoms. The summed E-state index contributed by atoms with van der Waals surface area (Å²) in [6.45, 7) is 7.93. The molecule has 9 nitrogen and oxygen atoms in total. The van der Waals surface area contributed by atoms with Crippen LogP contribution in [0.5, 0.6) is 11.5 Å². The summed E-state index contributed by atoms with van der Waals surface area (Å²) in [7, 11) is 3.24. The summed E-state index contributed by atoms with van der Waals surface area (Å²) in [6.07, 6.45) is 0.739. The van der Waals surface area contributed by atoms with Crippen LogP contribution in [0.25, 0.3) is 0 Å². The normalized spacial score (nSPS) is 16.9. The van der Waals surface area contributed by atoms with Crippen molar-refractivity contribution in [2.45, 2.75) is 38.9 Å². The molecule has 1 heterocycles. The predicted molar refractivity (Wildman–Crippen MR) is 148 cm³/mol. The maximum atomic E-state index is 13.6. The molecule has 2 amide bonds. The van der Waals surface area contributed by atoms with Gasteiger partial charge in [-0.2, -0.15) is 0 Å². The molecular weight excluding hydrogens is 484 g/mol. The van der Waals surface area contributed by atoms with Gasteiger partial charge in [-0.05, 0) is 37.6 Å². The molecule has 0 saturated carbocycles. The largest absolute Gasteiger partial charge is 0.493 e. The van der Waals surface area contributed by atoms with E-state index in [4.69, 9.17) is 14.2 Å². The second-order valence-corrected chi connectivity index (χ2v) is 9.78. The van der Waals surface area contributed by atoms with Crippen LogP contribution in [-0.2, 0) is 16.1 Å². The van der Waals surface area contributed by atoms with Crippen molar-refractivity contribution in [2.75, 3.05) is 53.6 Å². The molecule has 0 aromatic heterocycles. The molecule has 2 aromatic rings. The van der Waals surface area contributed by atoms with Crippen molar-refractivity contribution in [1.82, 2.24) is 20.9 Å². The van der Waals surface area contributed by atoms with Gasteiger partial charge in [0.25, 0.3) is 5.91 Å². The second-order valence-electron chi connectivity index (χ2n) is 9.78. The lowest BCUT2D eigenvalue weighted by molar-refractivity contribution is -0.120. The molecule has 1 fully saturated rings. The summed E-state index contributed by atoms with van der Waals surface area (Å²) >= 11 is 0. The Bertz CT molecular complexity index is 1020. The molecule has 0 bridgehead atoms. The Morgan fingerprint density at radius 3 is 2.55 bits per heavy atom. The molecule has 0 spiro atoms. The quantitative estimate of drug-likeness (QED) is 0.307. The lowest BCUT2D eigenvalue weighted by Crippen LogP contribution is -2.48. The van der Waals surface area contributed by atoms with Crippen molar-refractivity contribution in [3.8, 4) is 11.5 Å². The maximum Gasteiger partial charge on any atom is 0.254 e. The van der Waals surface area contributed by atoms with E-state index in [2.05, 4.69) is 16.0 Å². The molecule has 3 rings (SSSR count). The van der Waals surface area contributed by atoms with Gasteiger partial charge < -0.3 is 35.1 Å². The first-order valence-corrected chi connectivity index (χ1v) is 13.3. The first-order valence-electron chi connectivity index (χ1n) is 13.3. The van der Waals surface area contributed by atoms with E-state index >= 15 is 0 Å². The summed E-state index contributed by atoms with van der Waals surface area (Å²) in [6, 6.07) is 15.2. The molecule has 1 saturated heterocycles. The molecule has 2 unspecified atom stereocenters. The van der Waals surface area contributed by atoms with E-state index in [1.54, 1.807) is 32.4 Å². The zero-order valence-electron chi connectivity index (χ0n) is 23.0. The fourth-order valence-electron chi connectivity index (χ4n) is 4.50. The van der Waals surface area contributed by atoms with Crippen LogP contribution in [0.2, 0.25) is 0 Å². The van der Waals surface area contributed by atoms with E-state index in [0.717, 1.165) is 25.1 Å². The lowest BCUT2D eigenvalue weighted by Gasteiger charge is -2.32. The van der Waals surface area contributed by atoms with Crippen molar-refractivity contribution in [3.63, 3.8) is 0 Å². The molecular formula is C29H42N4O5. The summed E-state index contributed by atoms with van der Waals surface area (Å²) in [5.41, 5.74) is 1.62. The molecule has 1 aliphatic heterocycles. The maximum absolute atomic E-state index is 13.6. The number of hydrogen-bond donors (Lipinski definition) is 3. The van der Waals surface area contributed by atoms with Crippen molar-refractivity contribution in [2.24, 2.45) is 5.92 Å². The first-order chi connectivity index (χ1) is 18.4. The summed E-state index contributed by atoms with van der Waals surface area (Å²) in [5, 5.41) is 9.75. The summed E-state index contributed by atoms with van der Waals surface area (Å²) in [4.78, 5) is 27.9. The lowest BCUT2D eigenvalue weighted by atomic mass is 10.0. The molecule has 0 radical (unpaired) electrons. The number of methoxy groups -OCH3 is 2. The van der Waals surface area contributed by atoms with Gasteiger partial charge in [-0.25, -0.2) is 0 Å². The minimum atomic E-state index is -0.0596. The number of benzene rings is 2. The fraction of sp³-hybridized carbons (Fsp3) is 0.517. The highest BCUT2D eigenvalue weighted by molar-refractivity contribution is 5.95. The predicted octanol–water partition coefficient (Wildman–Crippen LogP) is 2.46. The second kappa shape index (κ2) is 15.3. The van der Waals surface area contributed by atoms with Crippen LogP contribution in [0, 0.1) is 5.92 Å². The van der Waals surface area contributed by atoms with Crippen LogP contribution in [-0.4, -0.2) is 82.4 Å². The van der Waals surface area contributed by atoms with Gasteiger partial charge in [-0.15, -0.1) is 0 Å². The van der Waals surface area contributed by atoms with Gasteiger partial charge in [0.2, 0.25) is 5.91 Å². The van der Waals surface area contributed by atoms with E-state index in [9.17, 15) is 9.59 Å². The van der Waals surface area contributed by atoms with E-state index in [0.29, 0.717) is 43.4 Å². The molecule has 3 N–H and O–H groups in total. The van der Waals surface area contributed by atoms with Gasteiger partial charge >= 0.3 is 0 Å². The van der Waals surface area contributed by atoms with Crippen LogP contribution in [0.3, 0.4) is 0 Å². The fourth-order valence-corrected chi connectivity index (χ4v) is 4.50. The Labute approximate surface area is 226 Å². The van der Waals surface area contributed by atoms with Crippen LogP contribution < -0.4 is 25.4 Å². The van der Waals surface area contributed by atoms with E-state index in [-0.39, 0.29) is 36.4 Å². The Morgan fingerprint density at radius 2 is 1.84 bits per heavy atom. The number of hydrogen-bond acceptors (Lipinski definition) is 7. The number of rotatable bonds is 15. The van der Waals surface area contributed by atoms with Crippen molar-refractivity contribution < 1.29 is 23.8 Å². The van der Waals surface area contributed by atoms with Crippen LogP contribution in [0.4, 0.5) is 0 Å². The van der Waals surface area contributed by atoms with E-state index < -0.39 is 0 Å². The van der Waals surface area contributed by atoms with E-state index in [1.165, 1.54) is 0 Å². The summed E-state index contributed by atoms with van der Waals surface area (Å²) in [5.74, 6) is 1.20. The molecule has 2 aromatic carbocycles. The molecule has 9 heteroatoms. The van der Waals surface area contributed by atoms with Gasteiger partial charge in [-0.3, -0.25) is 9.59 Å². The van der Waals surface area contributed by atoms with Gasteiger partial charge in [0.05, 0.1) is 20.3 Å². The monoisotopic (exact) mass is 526 g/mol. The third-order valence-electron chi connectivity index (χ3n) is 6.67. The van der Waals surface area contributed by atoms with Gasteiger partial charge in [0.1, 0.15) is 0 Å². The van der Waals surface area contributed by atoms with Crippen LogP contribution >= 0.6 is 0 Å². The average molecular weight is 527 g/mol. The Balaban J connectivity index is 1.58. The minimum Gasteiger partial charge on any atom is -0.493 e. The topological polar surface area (TPSA) is 101 Å². The zero-order valence-corrected chi connectivity index (χ0v) is 23.0. The SMILES string of the molecule is COCCCOc1cc(C(=O)N(CC2CNCC2NCC(=O)NCc2ccccc2)C(C)C)ccc1OC. The van der Waals surface area contributed by atoms with Gasteiger partial charge in [0, 0.05) is 69.9 Å². The highest BCUT2D eigenvalue weighted by Gasteiger charge is 2.32. The number of amides is 2. The summed E-state index contributed by atoms with van der Waals surface area (Å²) < 4.78 is 16.4. The molecule has 208 valence electrons. The van der Waals surface area contributed by atoms with Crippen molar-refractivity contribution in [1.29, 1.82) is 0 Å². The van der Waals surface area contributed by atoms with Crippen LogP contribution in [0.15, 0.2) is 48.5 Å². The Hall–Kier alpha value is -3.14. The van der Waals surface area contributed by atoms with Crippen LogP contribution in [0.1, 0.15) is 36.2 Å². The Kier molecular flexibility index (Phi) is 11.9. The number of nitrogens with one attached hydrogen (secondary N) is 3. The third-order valence-corrected chi connectivity index (χ3v) is 6.67. The van der Waals surface area contributed by atoms with Crippen molar-refractivity contribution >= 4 is 11.8 Å². The molecule has 0 aliphatic carbocycles.